The smallest absolute Gasteiger partial charge is 0.269 e. The fourth-order valence-electron chi connectivity index (χ4n) is 4.26. The Morgan fingerprint density at radius 3 is 2.10 bits per heavy atom. The van der Waals surface area contributed by atoms with Gasteiger partial charge in [-0.15, -0.1) is 0 Å². The molecule has 1 aliphatic rings. The monoisotopic (exact) mass is 477 g/mol. The minimum atomic E-state index is -0.377. The number of non-ortho nitro benzene ring substituents is 1. The van der Waals surface area contributed by atoms with Gasteiger partial charge in [0.1, 0.15) is 6.10 Å². The lowest BCUT2D eigenvalue weighted by Crippen LogP contribution is -3.00. The molecule has 1 aliphatic heterocycles. The number of rotatable bonds is 6. The van der Waals surface area contributed by atoms with E-state index in [4.69, 9.17) is 4.84 Å². The van der Waals surface area contributed by atoms with Crippen molar-refractivity contribution >= 4 is 5.69 Å². The molecule has 1 aromatic carbocycles. The summed E-state index contributed by atoms with van der Waals surface area (Å²) in [6, 6.07) is 10.8. The van der Waals surface area contributed by atoms with Crippen LogP contribution in [0.2, 0.25) is 0 Å². The zero-order valence-corrected chi connectivity index (χ0v) is 20.1. The van der Waals surface area contributed by atoms with Gasteiger partial charge in [-0.1, -0.05) is 0 Å². The van der Waals surface area contributed by atoms with Crippen molar-refractivity contribution < 1.29 is 31.3 Å². The number of aromatic nitrogens is 1. The van der Waals surface area contributed by atoms with Crippen molar-refractivity contribution in [1.29, 1.82) is 0 Å². The van der Waals surface area contributed by atoms with Crippen LogP contribution in [0.15, 0.2) is 48.8 Å². The van der Waals surface area contributed by atoms with E-state index in [2.05, 4.69) is 56.4 Å². The molecular formula is C23H32BrN3O3. The summed E-state index contributed by atoms with van der Waals surface area (Å²) in [7, 11) is 0. The van der Waals surface area contributed by atoms with Crippen LogP contribution in [0.25, 0.3) is 0 Å². The number of nitrogens with zero attached hydrogens (tertiary/aromatic N) is 3. The van der Waals surface area contributed by atoms with Gasteiger partial charge >= 0.3 is 0 Å². The molecule has 0 radical (unpaired) electrons. The first-order valence-corrected chi connectivity index (χ1v) is 10.3. The fraction of sp³-hybridized carbons (Fsp3) is 0.522. The number of halogens is 1. The van der Waals surface area contributed by atoms with Crippen LogP contribution in [0.1, 0.15) is 71.1 Å². The lowest BCUT2D eigenvalue weighted by molar-refractivity contribution is -0.688. The molecule has 1 aromatic heterocycles. The highest BCUT2D eigenvalue weighted by Crippen LogP contribution is 2.40. The van der Waals surface area contributed by atoms with Gasteiger partial charge in [0, 0.05) is 40.9 Å². The standard InChI is InChI=1S/C23H32N3O3.BrH/c1-18(29-26-22(2,3)13-6-14-23(26,4)5)20-11-15-24(16-12-20)17-19-7-9-21(10-8-19)25(27)28;/h7-12,15-16,18H,6,13-14,17H2,1-5H3;1H/q+1;/p-1. The number of hydrogen-bond acceptors (Lipinski definition) is 4. The Morgan fingerprint density at radius 1 is 1.07 bits per heavy atom. The normalized spacial score (nSPS) is 19.0. The van der Waals surface area contributed by atoms with Gasteiger partial charge < -0.3 is 17.0 Å². The Bertz CT molecular complexity index is 835. The van der Waals surface area contributed by atoms with Gasteiger partial charge in [0.05, 0.1) is 4.92 Å². The van der Waals surface area contributed by atoms with Crippen molar-refractivity contribution in [2.45, 2.75) is 77.6 Å². The maximum atomic E-state index is 10.8. The van der Waals surface area contributed by atoms with Crippen molar-refractivity contribution in [2.24, 2.45) is 0 Å². The summed E-state index contributed by atoms with van der Waals surface area (Å²) in [6.45, 7) is 11.8. The number of hydrogen-bond donors (Lipinski definition) is 0. The number of nitro benzene ring substituents is 1. The van der Waals surface area contributed by atoms with Crippen molar-refractivity contribution in [3.8, 4) is 0 Å². The first-order chi connectivity index (χ1) is 13.6. The topological polar surface area (TPSA) is 59.5 Å². The summed E-state index contributed by atoms with van der Waals surface area (Å²) in [5, 5.41) is 13.0. The average molecular weight is 478 g/mol. The van der Waals surface area contributed by atoms with Crippen LogP contribution in [-0.2, 0) is 11.4 Å². The van der Waals surface area contributed by atoms with Crippen molar-refractivity contribution in [3.05, 3.63) is 70.0 Å². The molecule has 1 saturated heterocycles. The van der Waals surface area contributed by atoms with Crippen molar-refractivity contribution in [1.82, 2.24) is 5.06 Å². The molecule has 2 aromatic rings. The second kappa shape index (κ2) is 9.54. The number of hydroxylamine groups is 2. The van der Waals surface area contributed by atoms with Crippen LogP contribution in [0.4, 0.5) is 5.69 Å². The van der Waals surface area contributed by atoms with E-state index in [9.17, 15) is 10.1 Å². The lowest BCUT2D eigenvalue weighted by Gasteiger charge is -2.52. The first kappa shape index (κ1) is 24.4. The van der Waals surface area contributed by atoms with Crippen LogP contribution in [0, 0.1) is 10.1 Å². The van der Waals surface area contributed by atoms with E-state index in [0.717, 1.165) is 24.0 Å². The molecule has 1 unspecified atom stereocenters. The van der Waals surface area contributed by atoms with E-state index >= 15 is 0 Å². The van der Waals surface area contributed by atoms with Gasteiger partial charge in [-0.25, -0.2) is 4.57 Å². The van der Waals surface area contributed by atoms with E-state index in [1.54, 1.807) is 24.3 Å². The Labute approximate surface area is 189 Å². The second-order valence-electron chi connectivity index (χ2n) is 9.25. The second-order valence-corrected chi connectivity index (χ2v) is 9.25. The molecular weight excluding hydrogens is 446 g/mol. The molecule has 1 atom stereocenters. The minimum absolute atomic E-state index is 0. The van der Waals surface area contributed by atoms with E-state index in [0.29, 0.717) is 6.54 Å². The summed E-state index contributed by atoms with van der Waals surface area (Å²) in [5.74, 6) is 0. The SMILES string of the molecule is CC(ON1C(C)(C)CCCC1(C)C)c1cc[n+](Cc2ccc([N+](=O)[O-])cc2)cc1.[Br-]. The molecule has 0 aliphatic carbocycles. The summed E-state index contributed by atoms with van der Waals surface area (Å²) < 4.78 is 2.06. The molecule has 0 spiro atoms. The van der Waals surface area contributed by atoms with Crippen LogP contribution >= 0.6 is 0 Å². The van der Waals surface area contributed by atoms with Crippen LogP contribution in [0.3, 0.4) is 0 Å². The zero-order valence-electron chi connectivity index (χ0n) is 18.5. The molecule has 3 rings (SSSR count). The van der Waals surface area contributed by atoms with Gasteiger partial charge in [0.25, 0.3) is 5.69 Å². The van der Waals surface area contributed by atoms with Crippen molar-refractivity contribution in [3.63, 3.8) is 0 Å². The number of pyridine rings is 1. The highest BCUT2D eigenvalue weighted by molar-refractivity contribution is 5.32. The highest BCUT2D eigenvalue weighted by atomic mass is 79.9. The highest BCUT2D eigenvalue weighted by Gasteiger charge is 2.43. The summed E-state index contributed by atoms with van der Waals surface area (Å²) >= 11 is 0. The van der Waals surface area contributed by atoms with Crippen LogP contribution in [0.5, 0.6) is 0 Å². The third kappa shape index (κ3) is 5.65. The summed E-state index contributed by atoms with van der Waals surface area (Å²) in [6.07, 6.45) is 7.51. The summed E-state index contributed by atoms with van der Waals surface area (Å²) in [5.41, 5.74) is 2.29. The van der Waals surface area contributed by atoms with Gasteiger partial charge in [-0.05, 0) is 71.6 Å². The molecule has 0 N–H and O–H groups in total. The van der Waals surface area contributed by atoms with Crippen LogP contribution in [-0.4, -0.2) is 21.1 Å². The quantitative estimate of drug-likeness (QED) is 0.362. The van der Waals surface area contributed by atoms with E-state index < -0.39 is 0 Å². The van der Waals surface area contributed by atoms with Gasteiger partial charge in [0.15, 0.2) is 18.9 Å². The minimum Gasteiger partial charge on any atom is -1.00 e. The molecule has 1 fully saturated rings. The Balaban J connectivity index is 0.00000320. The van der Waals surface area contributed by atoms with E-state index in [1.807, 2.05) is 12.4 Å². The third-order valence-corrected chi connectivity index (χ3v) is 5.84. The predicted molar refractivity (Wildman–Crippen MR) is 112 cm³/mol. The maximum Gasteiger partial charge on any atom is 0.269 e. The Morgan fingerprint density at radius 2 is 1.60 bits per heavy atom. The molecule has 0 bridgehead atoms. The summed E-state index contributed by atoms with van der Waals surface area (Å²) in [4.78, 5) is 16.9. The van der Waals surface area contributed by atoms with E-state index in [-0.39, 0.29) is 44.8 Å². The Kier molecular flexibility index (Phi) is 7.77. The molecule has 6 nitrogen and oxygen atoms in total. The average Bonchev–Trinajstić information content (AvgIpc) is 2.65. The van der Waals surface area contributed by atoms with Crippen molar-refractivity contribution in [2.75, 3.05) is 0 Å². The molecule has 2 heterocycles. The Hall–Kier alpha value is -1.83. The maximum absolute atomic E-state index is 10.8. The number of benzene rings is 1. The van der Waals surface area contributed by atoms with Crippen LogP contribution < -0.4 is 21.5 Å². The fourth-order valence-corrected chi connectivity index (χ4v) is 4.26. The largest absolute Gasteiger partial charge is 1.00 e. The molecule has 7 heteroatoms. The number of nitro groups is 1. The van der Waals surface area contributed by atoms with E-state index in [1.165, 1.54) is 6.42 Å². The van der Waals surface area contributed by atoms with Gasteiger partial charge in [0.2, 0.25) is 0 Å². The molecule has 30 heavy (non-hydrogen) atoms. The molecule has 0 amide bonds. The lowest BCUT2D eigenvalue weighted by atomic mass is 9.82. The third-order valence-electron chi connectivity index (χ3n) is 5.84. The molecule has 0 saturated carbocycles. The zero-order chi connectivity index (χ0) is 21.2. The number of piperidine rings is 1. The van der Waals surface area contributed by atoms with Gasteiger partial charge in [-0.3, -0.25) is 15.0 Å². The first-order valence-electron chi connectivity index (χ1n) is 10.3. The van der Waals surface area contributed by atoms with Gasteiger partial charge in [-0.2, -0.15) is 5.06 Å². The molecule has 164 valence electrons. The predicted octanol–water partition coefficient (Wildman–Crippen LogP) is 1.97.